The van der Waals surface area contributed by atoms with Crippen LogP contribution in [-0.2, 0) is 9.53 Å². The molecule has 8 heteroatoms. The van der Waals surface area contributed by atoms with Gasteiger partial charge in [-0.25, -0.2) is 4.79 Å². The smallest absolute Gasteiger partial charge is 0.337 e. The SMILES string of the molecule is COC(=O)c1ccc([C@H]2SC[C@H]3C(=O)N(c4ccc(OC)cc4)C(=S)N23)cc1. The van der Waals surface area contributed by atoms with Gasteiger partial charge in [0.1, 0.15) is 17.2 Å². The molecule has 2 aliphatic heterocycles. The quantitative estimate of drug-likeness (QED) is 0.562. The molecule has 4 rings (SSSR count). The molecular weight excluding hydrogens is 396 g/mol. The Kier molecular flexibility index (Phi) is 4.99. The summed E-state index contributed by atoms with van der Waals surface area (Å²) >= 11 is 7.35. The van der Waals surface area contributed by atoms with Crippen molar-refractivity contribution in [2.45, 2.75) is 11.4 Å². The van der Waals surface area contributed by atoms with Crippen molar-refractivity contribution in [3.63, 3.8) is 0 Å². The normalized spacial score (nSPS) is 21.1. The van der Waals surface area contributed by atoms with E-state index in [1.807, 2.05) is 41.3 Å². The Balaban J connectivity index is 1.60. The van der Waals surface area contributed by atoms with Crippen molar-refractivity contribution >= 4 is 46.7 Å². The van der Waals surface area contributed by atoms with Gasteiger partial charge in [0.15, 0.2) is 5.11 Å². The van der Waals surface area contributed by atoms with Gasteiger partial charge in [-0.05, 0) is 54.2 Å². The maximum absolute atomic E-state index is 13.0. The van der Waals surface area contributed by atoms with E-state index in [2.05, 4.69) is 0 Å². The van der Waals surface area contributed by atoms with Crippen molar-refractivity contribution in [2.24, 2.45) is 0 Å². The van der Waals surface area contributed by atoms with E-state index in [-0.39, 0.29) is 23.3 Å². The molecule has 0 aromatic heterocycles. The van der Waals surface area contributed by atoms with E-state index in [9.17, 15) is 9.59 Å². The molecular formula is C20H18N2O4S2. The average Bonchev–Trinajstić information content (AvgIpc) is 3.28. The molecule has 2 saturated heterocycles. The first-order valence-electron chi connectivity index (χ1n) is 8.65. The van der Waals surface area contributed by atoms with Crippen LogP contribution in [0.1, 0.15) is 21.3 Å². The molecule has 0 aliphatic carbocycles. The highest BCUT2D eigenvalue weighted by atomic mass is 32.2. The molecule has 0 N–H and O–H groups in total. The number of fused-ring (bicyclic) bond motifs is 1. The zero-order valence-corrected chi connectivity index (χ0v) is 17.0. The van der Waals surface area contributed by atoms with Gasteiger partial charge in [-0.2, -0.15) is 0 Å². The highest BCUT2D eigenvalue weighted by molar-refractivity contribution is 7.99. The number of hydrogen-bond acceptors (Lipinski definition) is 6. The predicted molar refractivity (Wildman–Crippen MR) is 112 cm³/mol. The van der Waals surface area contributed by atoms with E-state index in [0.29, 0.717) is 16.4 Å². The number of thioether (sulfide) groups is 1. The zero-order valence-electron chi connectivity index (χ0n) is 15.3. The number of esters is 1. The van der Waals surface area contributed by atoms with Crippen molar-refractivity contribution in [2.75, 3.05) is 24.9 Å². The number of methoxy groups -OCH3 is 2. The number of carbonyl (C=O) groups is 2. The Hall–Kier alpha value is -2.58. The fraction of sp³-hybridized carbons (Fsp3) is 0.250. The maximum atomic E-state index is 13.0. The maximum Gasteiger partial charge on any atom is 0.337 e. The Morgan fingerprint density at radius 3 is 2.39 bits per heavy atom. The number of thiocarbonyl (C=S) groups is 1. The molecule has 0 bridgehead atoms. The van der Waals surface area contributed by atoms with E-state index >= 15 is 0 Å². The minimum absolute atomic E-state index is 0.0173. The molecule has 1 amide bonds. The van der Waals surface area contributed by atoms with E-state index in [1.165, 1.54) is 7.11 Å². The number of anilines is 1. The van der Waals surface area contributed by atoms with Crippen molar-refractivity contribution in [1.29, 1.82) is 0 Å². The van der Waals surface area contributed by atoms with Crippen LogP contribution in [0.4, 0.5) is 5.69 Å². The molecule has 144 valence electrons. The molecule has 2 aromatic carbocycles. The summed E-state index contributed by atoms with van der Waals surface area (Å²) in [6.07, 6.45) is 0. The van der Waals surface area contributed by atoms with Gasteiger partial charge in [-0.1, -0.05) is 12.1 Å². The second-order valence-corrected chi connectivity index (χ2v) is 7.85. The lowest BCUT2D eigenvalue weighted by atomic mass is 10.1. The lowest BCUT2D eigenvalue weighted by Crippen LogP contribution is -2.33. The molecule has 2 aromatic rings. The molecule has 0 saturated carbocycles. The van der Waals surface area contributed by atoms with E-state index in [4.69, 9.17) is 21.7 Å². The third kappa shape index (κ3) is 3.02. The summed E-state index contributed by atoms with van der Waals surface area (Å²) in [6.45, 7) is 0. The average molecular weight is 415 g/mol. The molecule has 0 spiro atoms. The van der Waals surface area contributed by atoms with E-state index in [1.54, 1.807) is 35.9 Å². The van der Waals surface area contributed by atoms with Crippen LogP contribution in [0.2, 0.25) is 0 Å². The first-order valence-corrected chi connectivity index (χ1v) is 10.1. The fourth-order valence-corrected chi connectivity index (χ4v) is 5.34. The lowest BCUT2D eigenvalue weighted by molar-refractivity contribution is -0.119. The minimum atomic E-state index is -0.374. The minimum Gasteiger partial charge on any atom is -0.497 e. The van der Waals surface area contributed by atoms with Crippen molar-refractivity contribution in [3.05, 3.63) is 59.7 Å². The summed E-state index contributed by atoms with van der Waals surface area (Å²) < 4.78 is 9.93. The van der Waals surface area contributed by atoms with Gasteiger partial charge < -0.3 is 14.4 Å². The molecule has 2 atom stereocenters. The van der Waals surface area contributed by atoms with Crippen LogP contribution >= 0.6 is 24.0 Å². The van der Waals surface area contributed by atoms with Crippen LogP contribution in [-0.4, -0.2) is 47.9 Å². The number of amides is 1. The van der Waals surface area contributed by atoms with Crippen molar-refractivity contribution in [3.8, 4) is 5.75 Å². The summed E-state index contributed by atoms with van der Waals surface area (Å²) in [5.41, 5.74) is 2.22. The van der Waals surface area contributed by atoms with Gasteiger partial charge in [0.2, 0.25) is 0 Å². The van der Waals surface area contributed by atoms with Crippen LogP contribution in [0.15, 0.2) is 48.5 Å². The molecule has 0 radical (unpaired) electrons. The highest BCUT2D eigenvalue weighted by Crippen LogP contribution is 2.46. The fourth-order valence-electron chi connectivity index (χ4n) is 3.42. The lowest BCUT2D eigenvalue weighted by Gasteiger charge is -2.25. The van der Waals surface area contributed by atoms with Crippen LogP contribution in [0.5, 0.6) is 5.75 Å². The standard InChI is InChI=1S/C20H18N2O4S2/c1-25-15-9-7-14(8-10-15)21-17(23)16-11-28-18(22(16)20(21)27)12-3-5-13(6-4-12)19(24)26-2/h3-10,16,18H,11H2,1-2H3/t16-,18+/m0/s1. The van der Waals surface area contributed by atoms with Gasteiger partial charge in [-0.15, -0.1) is 11.8 Å². The summed E-state index contributed by atoms with van der Waals surface area (Å²) in [7, 11) is 2.96. The Bertz CT molecular complexity index is 930. The number of nitrogens with zero attached hydrogens (tertiary/aromatic N) is 2. The number of hydrogen-bond donors (Lipinski definition) is 0. The number of ether oxygens (including phenoxy) is 2. The van der Waals surface area contributed by atoms with Crippen LogP contribution < -0.4 is 9.64 Å². The Morgan fingerprint density at radius 1 is 1.11 bits per heavy atom. The number of benzene rings is 2. The second kappa shape index (κ2) is 7.44. The number of rotatable bonds is 4. The predicted octanol–water partition coefficient (Wildman–Crippen LogP) is 3.23. The summed E-state index contributed by atoms with van der Waals surface area (Å²) in [5.74, 6) is 0.994. The molecule has 6 nitrogen and oxygen atoms in total. The van der Waals surface area contributed by atoms with E-state index in [0.717, 1.165) is 17.0 Å². The first kappa shape index (κ1) is 18.8. The third-order valence-electron chi connectivity index (χ3n) is 4.87. The topological polar surface area (TPSA) is 59.1 Å². The second-order valence-electron chi connectivity index (χ2n) is 6.38. The van der Waals surface area contributed by atoms with Gasteiger partial charge in [0, 0.05) is 5.75 Å². The van der Waals surface area contributed by atoms with Crippen LogP contribution in [0, 0.1) is 0 Å². The highest BCUT2D eigenvalue weighted by Gasteiger charge is 2.50. The van der Waals surface area contributed by atoms with Gasteiger partial charge in [0.05, 0.1) is 25.5 Å². The Labute approximate surface area is 172 Å². The monoisotopic (exact) mass is 414 g/mol. The zero-order chi connectivity index (χ0) is 19.8. The molecule has 28 heavy (non-hydrogen) atoms. The van der Waals surface area contributed by atoms with Gasteiger partial charge in [0.25, 0.3) is 5.91 Å². The summed E-state index contributed by atoms with van der Waals surface area (Å²) in [4.78, 5) is 28.2. The van der Waals surface area contributed by atoms with Crippen molar-refractivity contribution in [1.82, 2.24) is 4.90 Å². The van der Waals surface area contributed by atoms with Crippen LogP contribution in [0.25, 0.3) is 0 Å². The van der Waals surface area contributed by atoms with Gasteiger partial charge in [-0.3, -0.25) is 9.69 Å². The molecule has 2 aliphatic rings. The van der Waals surface area contributed by atoms with Crippen molar-refractivity contribution < 1.29 is 19.1 Å². The largest absolute Gasteiger partial charge is 0.497 e. The molecule has 0 unspecified atom stereocenters. The summed E-state index contributed by atoms with van der Waals surface area (Å²) in [6, 6.07) is 14.2. The number of carbonyl (C=O) groups excluding carboxylic acids is 2. The van der Waals surface area contributed by atoms with Crippen LogP contribution in [0.3, 0.4) is 0 Å². The molecule has 2 heterocycles. The van der Waals surface area contributed by atoms with Gasteiger partial charge >= 0.3 is 5.97 Å². The molecule has 2 fully saturated rings. The first-order chi connectivity index (χ1) is 13.5. The third-order valence-corrected chi connectivity index (χ3v) is 6.58. The van der Waals surface area contributed by atoms with E-state index < -0.39 is 0 Å². The Morgan fingerprint density at radius 2 is 1.79 bits per heavy atom. The summed E-state index contributed by atoms with van der Waals surface area (Å²) in [5, 5.41) is 0.420.